The molecule has 0 aliphatic carbocycles. The summed E-state index contributed by atoms with van der Waals surface area (Å²) in [5.41, 5.74) is 2.50. The van der Waals surface area contributed by atoms with Crippen LogP contribution >= 0.6 is 0 Å². The fraction of sp³-hybridized carbons (Fsp3) is 0.450. The minimum Gasteiger partial charge on any atom is -0.330 e. The van der Waals surface area contributed by atoms with Crippen molar-refractivity contribution in [3.63, 3.8) is 0 Å². The van der Waals surface area contributed by atoms with Gasteiger partial charge in [0.15, 0.2) is 5.82 Å². The van der Waals surface area contributed by atoms with Crippen LogP contribution in [0.3, 0.4) is 0 Å². The van der Waals surface area contributed by atoms with Gasteiger partial charge in [-0.2, -0.15) is 0 Å². The molecule has 1 fully saturated rings. The lowest BCUT2D eigenvalue weighted by Crippen LogP contribution is -2.30. The van der Waals surface area contributed by atoms with Crippen LogP contribution in [0.2, 0.25) is 0 Å². The number of nitrogens with zero attached hydrogens (tertiary/aromatic N) is 6. The van der Waals surface area contributed by atoms with Crippen LogP contribution in [0.4, 0.5) is 11.8 Å². The third kappa shape index (κ3) is 4.89. The van der Waals surface area contributed by atoms with E-state index in [1.54, 1.807) is 18.5 Å². The number of amides is 1. The second-order valence-electron chi connectivity index (χ2n) is 7.24. The van der Waals surface area contributed by atoms with E-state index in [9.17, 15) is 4.79 Å². The Labute approximate surface area is 165 Å². The van der Waals surface area contributed by atoms with Crippen LogP contribution in [0.15, 0.2) is 30.6 Å². The second kappa shape index (κ2) is 8.88. The number of nitrogens with one attached hydrogen (secondary N) is 1. The smallest absolute Gasteiger partial charge is 0.246 e. The number of anilines is 2. The lowest BCUT2D eigenvalue weighted by molar-refractivity contribution is -0.127. The number of hydrogen-bond acceptors (Lipinski definition) is 7. The number of likely N-dealkylation sites (tertiary alicyclic amines) is 1. The van der Waals surface area contributed by atoms with Crippen LogP contribution in [0.25, 0.3) is 0 Å². The molecule has 8 nitrogen and oxygen atoms in total. The van der Waals surface area contributed by atoms with Crippen molar-refractivity contribution in [3.05, 3.63) is 47.7 Å². The highest BCUT2D eigenvalue weighted by Crippen LogP contribution is 2.34. The molecule has 28 heavy (non-hydrogen) atoms. The SMILES string of the molecule is Cc1cc(C)nc(Nc2nccnc2[C@@H]2CCCN2C(=O)/C=C/CN(C)C)n1. The largest absolute Gasteiger partial charge is 0.330 e. The van der Waals surface area contributed by atoms with Gasteiger partial charge in [-0.05, 0) is 46.9 Å². The van der Waals surface area contributed by atoms with Crippen LogP contribution in [0.1, 0.15) is 36.0 Å². The Morgan fingerprint density at radius 3 is 2.68 bits per heavy atom. The highest BCUT2D eigenvalue weighted by atomic mass is 16.2. The molecular weight excluding hydrogens is 354 g/mol. The van der Waals surface area contributed by atoms with Gasteiger partial charge in [-0.25, -0.2) is 15.0 Å². The Morgan fingerprint density at radius 2 is 1.96 bits per heavy atom. The van der Waals surface area contributed by atoms with E-state index in [0.717, 1.165) is 36.5 Å². The van der Waals surface area contributed by atoms with Gasteiger partial charge in [-0.3, -0.25) is 9.78 Å². The zero-order valence-corrected chi connectivity index (χ0v) is 16.9. The molecule has 0 aromatic carbocycles. The molecule has 1 aliphatic heterocycles. The highest BCUT2D eigenvalue weighted by Gasteiger charge is 2.32. The van der Waals surface area contributed by atoms with E-state index >= 15 is 0 Å². The minimum atomic E-state index is -0.112. The van der Waals surface area contributed by atoms with Crippen molar-refractivity contribution in [2.75, 3.05) is 32.5 Å². The van der Waals surface area contributed by atoms with E-state index in [4.69, 9.17) is 0 Å². The molecule has 0 unspecified atom stereocenters. The number of aromatic nitrogens is 4. The maximum absolute atomic E-state index is 12.7. The Bertz CT molecular complexity index is 845. The summed E-state index contributed by atoms with van der Waals surface area (Å²) < 4.78 is 0. The number of carbonyl (C=O) groups excluding carboxylic acids is 1. The summed E-state index contributed by atoms with van der Waals surface area (Å²) in [7, 11) is 3.94. The molecule has 0 radical (unpaired) electrons. The maximum Gasteiger partial charge on any atom is 0.246 e. The topological polar surface area (TPSA) is 87.1 Å². The van der Waals surface area contributed by atoms with E-state index in [1.165, 1.54) is 0 Å². The molecule has 3 rings (SSSR count). The quantitative estimate of drug-likeness (QED) is 0.769. The summed E-state index contributed by atoms with van der Waals surface area (Å²) in [6, 6.07) is 1.80. The van der Waals surface area contributed by atoms with Crippen molar-refractivity contribution in [2.24, 2.45) is 0 Å². The van der Waals surface area contributed by atoms with Gasteiger partial charge in [-0.15, -0.1) is 0 Å². The molecule has 2 aromatic rings. The predicted octanol–water partition coefficient (Wildman–Crippen LogP) is 2.41. The molecule has 1 N–H and O–H groups in total. The van der Waals surface area contributed by atoms with Crippen LogP contribution in [-0.2, 0) is 4.79 Å². The molecular formula is C20H27N7O. The Balaban J connectivity index is 1.82. The highest BCUT2D eigenvalue weighted by molar-refractivity contribution is 5.88. The standard InChI is InChI=1S/C20H27N7O/c1-14-13-15(2)24-20(23-14)25-19-18(21-9-10-22-19)16-7-5-12-27(16)17(28)8-6-11-26(3)4/h6,8-10,13,16H,5,7,11-12H2,1-4H3,(H,22,23,24,25)/b8-6+/t16-/m0/s1. The first-order chi connectivity index (χ1) is 13.4. The lowest BCUT2D eigenvalue weighted by Gasteiger charge is -2.24. The molecule has 0 spiro atoms. The summed E-state index contributed by atoms with van der Waals surface area (Å²) in [5.74, 6) is 1.08. The molecule has 1 atom stereocenters. The molecule has 148 valence electrons. The first-order valence-electron chi connectivity index (χ1n) is 9.46. The monoisotopic (exact) mass is 381 g/mol. The van der Waals surface area contributed by atoms with Gasteiger partial charge >= 0.3 is 0 Å². The number of carbonyl (C=O) groups is 1. The van der Waals surface area contributed by atoms with Crippen molar-refractivity contribution in [2.45, 2.75) is 32.7 Å². The van der Waals surface area contributed by atoms with Crippen LogP contribution < -0.4 is 5.32 Å². The van der Waals surface area contributed by atoms with Crippen LogP contribution in [-0.4, -0.2) is 62.8 Å². The van der Waals surface area contributed by atoms with Crippen molar-refractivity contribution in [1.82, 2.24) is 29.7 Å². The molecule has 0 saturated carbocycles. The first kappa shape index (κ1) is 19.9. The summed E-state index contributed by atoms with van der Waals surface area (Å²) in [4.78, 5) is 34.4. The van der Waals surface area contributed by atoms with Gasteiger partial charge in [0.2, 0.25) is 11.9 Å². The lowest BCUT2D eigenvalue weighted by atomic mass is 10.1. The van der Waals surface area contributed by atoms with Crippen molar-refractivity contribution in [3.8, 4) is 0 Å². The molecule has 1 aliphatic rings. The van der Waals surface area contributed by atoms with E-state index in [-0.39, 0.29) is 11.9 Å². The van der Waals surface area contributed by atoms with Gasteiger partial charge in [-0.1, -0.05) is 6.08 Å². The van der Waals surface area contributed by atoms with Crippen molar-refractivity contribution >= 4 is 17.7 Å². The van der Waals surface area contributed by atoms with Gasteiger partial charge < -0.3 is 15.1 Å². The van der Waals surface area contributed by atoms with Crippen LogP contribution in [0, 0.1) is 13.8 Å². The van der Waals surface area contributed by atoms with Crippen molar-refractivity contribution in [1.29, 1.82) is 0 Å². The van der Waals surface area contributed by atoms with E-state index in [0.29, 0.717) is 18.3 Å². The summed E-state index contributed by atoms with van der Waals surface area (Å²) in [6.07, 6.45) is 8.62. The zero-order chi connectivity index (χ0) is 20.1. The number of hydrogen-bond donors (Lipinski definition) is 1. The normalized spacial score (nSPS) is 16.9. The Hall–Kier alpha value is -2.87. The van der Waals surface area contributed by atoms with Crippen LogP contribution in [0.5, 0.6) is 0 Å². The molecule has 2 aromatic heterocycles. The third-order valence-corrected chi connectivity index (χ3v) is 4.52. The third-order valence-electron chi connectivity index (χ3n) is 4.52. The van der Waals surface area contributed by atoms with E-state index in [2.05, 4.69) is 25.3 Å². The van der Waals surface area contributed by atoms with Gasteiger partial charge in [0.25, 0.3) is 0 Å². The fourth-order valence-electron chi connectivity index (χ4n) is 3.35. The predicted molar refractivity (Wildman–Crippen MR) is 108 cm³/mol. The number of likely N-dealkylation sites (N-methyl/N-ethyl adjacent to an activating group) is 1. The van der Waals surface area contributed by atoms with Gasteiger partial charge in [0.05, 0.1) is 6.04 Å². The van der Waals surface area contributed by atoms with Gasteiger partial charge in [0.1, 0.15) is 5.69 Å². The maximum atomic E-state index is 12.7. The average Bonchev–Trinajstić information content (AvgIpc) is 3.10. The van der Waals surface area contributed by atoms with E-state index < -0.39 is 0 Å². The Kier molecular flexibility index (Phi) is 6.30. The van der Waals surface area contributed by atoms with Crippen molar-refractivity contribution < 1.29 is 4.79 Å². The van der Waals surface area contributed by atoms with Gasteiger partial charge in [0, 0.05) is 42.9 Å². The summed E-state index contributed by atoms with van der Waals surface area (Å²) in [6.45, 7) is 5.29. The fourth-order valence-corrected chi connectivity index (χ4v) is 3.35. The molecule has 0 bridgehead atoms. The Morgan fingerprint density at radius 1 is 1.25 bits per heavy atom. The molecule has 3 heterocycles. The minimum absolute atomic E-state index is 0.00334. The summed E-state index contributed by atoms with van der Waals surface area (Å²) >= 11 is 0. The zero-order valence-electron chi connectivity index (χ0n) is 16.9. The van der Waals surface area contributed by atoms with E-state index in [1.807, 2.05) is 49.9 Å². The molecule has 8 heteroatoms. The molecule has 1 saturated heterocycles. The number of rotatable bonds is 6. The number of aryl methyl sites for hydroxylation is 2. The average molecular weight is 381 g/mol. The molecule has 1 amide bonds. The second-order valence-corrected chi connectivity index (χ2v) is 7.24. The first-order valence-corrected chi connectivity index (χ1v) is 9.46. The summed E-state index contributed by atoms with van der Waals surface area (Å²) in [5, 5.41) is 3.19.